The van der Waals surface area contributed by atoms with Crippen LogP contribution in [0.2, 0.25) is 0 Å². The Morgan fingerprint density at radius 3 is 2.29 bits per heavy atom. The highest BCUT2D eigenvalue weighted by molar-refractivity contribution is 6.04. The fraction of sp³-hybridized carbons (Fsp3) is 0.419. The summed E-state index contributed by atoms with van der Waals surface area (Å²) in [6, 6.07) is 13.5. The number of esters is 1. The van der Waals surface area contributed by atoms with Crippen LogP contribution in [0.5, 0.6) is 17.2 Å². The Labute approximate surface area is 224 Å². The van der Waals surface area contributed by atoms with Crippen LogP contribution in [0.1, 0.15) is 69.4 Å². The van der Waals surface area contributed by atoms with Gasteiger partial charge in [0.1, 0.15) is 5.75 Å². The van der Waals surface area contributed by atoms with Crippen LogP contribution in [0.4, 0.5) is 0 Å². The fourth-order valence-corrected chi connectivity index (χ4v) is 5.22. The predicted octanol–water partition coefficient (Wildman–Crippen LogP) is 5.81. The molecule has 0 bridgehead atoms. The average molecular weight is 520 g/mol. The number of carbonyl (C=O) groups excluding carboxylic acids is 2. The summed E-state index contributed by atoms with van der Waals surface area (Å²) in [4.78, 5) is 27.1. The highest BCUT2D eigenvalue weighted by Crippen LogP contribution is 2.47. The number of allylic oxidation sites excluding steroid dienone is 3. The summed E-state index contributed by atoms with van der Waals surface area (Å²) in [5, 5.41) is 3.40. The normalized spacial score (nSPS) is 19.0. The molecule has 2 aromatic rings. The monoisotopic (exact) mass is 519 g/mol. The number of rotatable bonds is 10. The second-order valence-corrected chi connectivity index (χ2v) is 9.69. The minimum atomic E-state index is -0.561. The number of ether oxygens (including phenoxy) is 4. The third-order valence-electron chi connectivity index (χ3n) is 7.05. The van der Waals surface area contributed by atoms with E-state index >= 15 is 0 Å². The van der Waals surface area contributed by atoms with Gasteiger partial charge >= 0.3 is 5.97 Å². The highest BCUT2D eigenvalue weighted by atomic mass is 16.5. The van der Waals surface area contributed by atoms with Gasteiger partial charge in [0, 0.05) is 29.3 Å². The van der Waals surface area contributed by atoms with E-state index in [4.69, 9.17) is 18.9 Å². The number of dihydropyridines is 1. The van der Waals surface area contributed by atoms with Crippen molar-refractivity contribution in [2.75, 3.05) is 27.4 Å². The van der Waals surface area contributed by atoms with Gasteiger partial charge in [-0.3, -0.25) is 4.79 Å². The number of ketones is 1. The molecule has 0 spiro atoms. The molecule has 4 rings (SSSR count). The molecule has 1 aliphatic carbocycles. The van der Waals surface area contributed by atoms with Crippen LogP contribution in [0.25, 0.3) is 0 Å². The summed E-state index contributed by atoms with van der Waals surface area (Å²) in [5.74, 6) is 1.05. The molecule has 0 radical (unpaired) electrons. The van der Waals surface area contributed by atoms with Gasteiger partial charge in [-0.25, -0.2) is 4.79 Å². The Balaban J connectivity index is 1.77. The van der Waals surface area contributed by atoms with E-state index in [-0.39, 0.29) is 11.7 Å². The van der Waals surface area contributed by atoms with Crippen molar-refractivity contribution in [1.82, 2.24) is 5.32 Å². The van der Waals surface area contributed by atoms with Crippen LogP contribution in [0.15, 0.2) is 65.0 Å². The molecule has 0 amide bonds. The Bertz CT molecular complexity index is 1240. The molecule has 2 aromatic carbocycles. The number of carbonyl (C=O) groups is 2. The standard InChI is InChI=1S/C31H37NO6/c1-6-14-37-26-13-10-21(18-27(26)36-5)29-28(31(34)38-15-7-2)19(3)32-24-16-22(17-25(33)30(24)29)20-8-11-23(35-4)12-9-20/h8-13,18,22,29,32H,6-7,14-17H2,1-5H3/t22-,29-/m0/s1. The van der Waals surface area contributed by atoms with Crippen molar-refractivity contribution in [1.29, 1.82) is 0 Å². The summed E-state index contributed by atoms with van der Waals surface area (Å²) in [6.45, 7) is 6.75. The number of benzene rings is 2. The zero-order chi connectivity index (χ0) is 27.2. The van der Waals surface area contributed by atoms with Gasteiger partial charge in [-0.15, -0.1) is 0 Å². The maximum atomic E-state index is 13.8. The van der Waals surface area contributed by atoms with E-state index in [1.807, 2.05) is 63.2 Å². The first-order valence-corrected chi connectivity index (χ1v) is 13.3. The van der Waals surface area contributed by atoms with Crippen molar-refractivity contribution in [3.05, 3.63) is 76.1 Å². The molecule has 0 saturated carbocycles. The van der Waals surface area contributed by atoms with Gasteiger partial charge in [-0.2, -0.15) is 0 Å². The molecule has 7 heteroatoms. The molecule has 0 fully saturated rings. The Hall–Kier alpha value is -3.74. The first-order chi connectivity index (χ1) is 18.4. The molecule has 0 aromatic heterocycles. The lowest BCUT2D eigenvalue weighted by Gasteiger charge is -2.37. The molecule has 0 saturated heterocycles. The molecule has 202 valence electrons. The SMILES string of the molecule is CCCOC(=O)C1=C(C)NC2=C(C(=O)C[C@@H](c3ccc(OC)cc3)C2)[C@H]1c1ccc(OCCC)c(OC)c1. The van der Waals surface area contributed by atoms with E-state index in [0.717, 1.165) is 29.0 Å². The van der Waals surface area contributed by atoms with Gasteiger partial charge < -0.3 is 24.3 Å². The van der Waals surface area contributed by atoms with E-state index in [0.29, 0.717) is 60.8 Å². The molecule has 2 aliphatic rings. The zero-order valence-electron chi connectivity index (χ0n) is 22.9. The minimum Gasteiger partial charge on any atom is -0.497 e. The maximum Gasteiger partial charge on any atom is 0.336 e. The van der Waals surface area contributed by atoms with Gasteiger partial charge in [0.25, 0.3) is 0 Å². The maximum absolute atomic E-state index is 13.8. The van der Waals surface area contributed by atoms with E-state index in [2.05, 4.69) is 5.32 Å². The van der Waals surface area contributed by atoms with Crippen molar-refractivity contribution in [2.24, 2.45) is 0 Å². The van der Waals surface area contributed by atoms with Gasteiger partial charge in [0.2, 0.25) is 0 Å². The van der Waals surface area contributed by atoms with Gasteiger partial charge in [-0.1, -0.05) is 32.0 Å². The highest BCUT2D eigenvalue weighted by Gasteiger charge is 2.41. The van der Waals surface area contributed by atoms with Crippen LogP contribution >= 0.6 is 0 Å². The first-order valence-electron chi connectivity index (χ1n) is 13.3. The summed E-state index contributed by atoms with van der Waals surface area (Å²) in [5.41, 5.74) is 4.49. The minimum absolute atomic E-state index is 0.0168. The number of nitrogens with one attached hydrogen (secondary N) is 1. The van der Waals surface area contributed by atoms with E-state index in [1.54, 1.807) is 14.2 Å². The van der Waals surface area contributed by atoms with E-state index in [9.17, 15) is 9.59 Å². The quantitative estimate of drug-likeness (QED) is 0.397. The molecule has 7 nitrogen and oxygen atoms in total. The number of methoxy groups -OCH3 is 2. The summed E-state index contributed by atoms with van der Waals surface area (Å²) in [7, 11) is 3.23. The number of hydrogen-bond donors (Lipinski definition) is 1. The van der Waals surface area contributed by atoms with Crippen molar-refractivity contribution >= 4 is 11.8 Å². The van der Waals surface area contributed by atoms with Crippen LogP contribution < -0.4 is 19.5 Å². The molecule has 38 heavy (non-hydrogen) atoms. The molecule has 1 N–H and O–H groups in total. The Kier molecular flexibility index (Phi) is 8.77. The number of Topliss-reactive ketones (excluding diaryl/α,β-unsaturated/α-hetero) is 1. The topological polar surface area (TPSA) is 83.1 Å². The summed E-state index contributed by atoms with van der Waals surface area (Å²) >= 11 is 0. The molecular weight excluding hydrogens is 482 g/mol. The lowest BCUT2D eigenvalue weighted by molar-refractivity contribution is -0.139. The Morgan fingerprint density at radius 1 is 0.921 bits per heavy atom. The lowest BCUT2D eigenvalue weighted by Crippen LogP contribution is -2.36. The van der Waals surface area contributed by atoms with Crippen molar-refractivity contribution in [3.8, 4) is 17.2 Å². The Morgan fingerprint density at radius 2 is 1.63 bits per heavy atom. The van der Waals surface area contributed by atoms with Crippen LogP contribution in [-0.2, 0) is 14.3 Å². The molecule has 1 heterocycles. The summed E-state index contributed by atoms with van der Waals surface area (Å²) < 4.78 is 22.3. The number of hydrogen-bond acceptors (Lipinski definition) is 7. The first kappa shape index (κ1) is 27.3. The molecule has 0 unspecified atom stereocenters. The smallest absolute Gasteiger partial charge is 0.336 e. The van der Waals surface area contributed by atoms with E-state index in [1.165, 1.54) is 0 Å². The van der Waals surface area contributed by atoms with Crippen LogP contribution in [-0.4, -0.2) is 39.2 Å². The third kappa shape index (κ3) is 5.57. The third-order valence-corrected chi connectivity index (χ3v) is 7.05. The lowest BCUT2D eigenvalue weighted by atomic mass is 9.71. The van der Waals surface area contributed by atoms with Crippen LogP contribution in [0, 0.1) is 0 Å². The van der Waals surface area contributed by atoms with Crippen molar-refractivity contribution in [3.63, 3.8) is 0 Å². The van der Waals surface area contributed by atoms with Gasteiger partial charge in [-0.05, 0) is 67.5 Å². The molecular formula is C31H37NO6. The fourth-order valence-electron chi connectivity index (χ4n) is 5.22. The van der Waals surface area contributed by atoms with Crippen molar-refractivity contribution in [2.45, 2.75) is 58.3 Å². The average Bonchev–Trinajstić information content (AvgIpc) is 2.93. The largest absolute Gasteiger partial charge is 0.497 e. The summed E-state index contributed by atoms with van der Waals surface area (Å²) in [6.07, 6.45) is 2.60. The second-order valence-electron chi connectivity index (χ2n) is 9.69. The van der Waals surface area contributed by atoms with Gasteiger partial charge in [0.15, 0.2) is 17.3 Å². The van der Waals surface area contributed by atoms with Gasteiger partial charge in [0.05, 0.1) is 33.0 Å². The predicted molar refractivity (Wildman–Crippen MR) is 146 cm³/mol. The van der Waals surface area contributed by atoms with Crippen LogP contribution in [0.3, 0.4) is 0 Å². The molecule has 2 atom stereocenters. The van der Waals surface area contributed by atoms with E-state index < -0.39 is 11.9 Å². The van der Waals surface area contributed by atoms with Crippen molar-refractivity contribution < 1.29 is 28.5 Å². The zero-order valence-corrected chi connectivity index (χ0v) is 22.9. The molecule has 1 aliphatic heterocycles. The second kappa shape index (κ2) is 12.2.